The largest absolute Gasteiger partial charge is 0.435 e. The fraction of sp³-hybridized carbons (Fsp3) is 0.417. The molecule has 0 amide bonds. The van der Waals surface area contributed by atoms with Gasteiger partial charge in [-0.2, -0.15) is 18.3 Å². The number of halogens is 3. The van der Waals surface area contributed by atoms with Crippen LogP contribution in [0.1, 0.15) is 17.8 Å². The van der Waals surface area contributed by atoms with E-state index in [1.165, 1.54) is 17.7 Å². The van der Waals surface area contributed by atoms with E-state index in [-0.39, 0.29) is 17.3 Å². The molecule has 0 aliphatic heterocycles. The summed E-state index contributed by atoms with van der Waals surface area (Å²) in [5.74, 6) is 0. The molecule has 0 aliphatic carbocycles. The summed E-state index contributed by atoms with van der Waals surface area (Å²) in [4.78, 5) is 0. The average molecular weight is 353 g/mol. The molecule has 0 spiro atoms. The lowest BCUT2D eigenvalue weighted by Crippen LogP contribution is -2.25. The number of hydrogen-bond donors (Lipinski definition) is 1. The van der Waals surface area contributed by atoms with Crippen LogP contribution in [-0.4, -0.2) is 24.7 Å². The topological polar surface area (TPSA) is 64.0 Å². The van der Waals surface area contributed by atoms with Crippen LogP contribution in [0.4, 0.5) is 13.2 Å². The molecule has 2 aromatic heterocycles. The number of sulfonamides is 1. The van der Waals surface area contributed by atoms with Crippen molar-refractivity contribution in [2.24, 2.45) is 0 Å². The van der Waals surface area contributed by atoms with Crippen molar-refractivity contribution in [1.29, 1.82) is 0 Å². The minimum atomic E-state index is -4.48. The Morgan fingerprint density at radius 2 is 2.14 bits per heavy atom. The molecule has 0 saturated heterocycles. The van der Waals surface area contributed by atoms with E-state index in [2.05, 4.69) is 9.82 Å². The number of nitrogens with zero attached hydrogens (tertiary/aromatic N) is 2. The number of aromatic nitrogens is 2. The molecule has 0 atom stereocenters. The average Bonchev–Trinajstić information content (AvgIpc) is 3.04. The molecule has 5 nitrogen and oxygen atoms in total. The van der Waals surface area contributed by atoms with Gasteiger partial charge in [0, 0.05) is 18.8 Å². The third-order valence-corrected chi connectivity index (χ3v) is 5.73. The second-order valence-electron chi connectivity index (χ2n) is 4.58. The minimum absolute atomic E-state index is 0.126. The van der Waals surface area contributed by atoms with Gasteiger partial charge in [-0.05, 0) is 30.9 Å². The van der Waals surface area contributed by atoms with Gasteiger partial charge in [-0.15, -0.1) is 11.3 Å². The van der Waals surface area contributed by atoms with Crippen LogP contribution in [0.2, 0.25) is 0 Å². The Labute approximate surface area is 129 Å². The first kappa shape index (κ1) is 17.0. The summed E-state index contributed by atoms with van der Waals surface area (Å²) in [6.07, 6.45) is -4.14. The predicted molar refractivity (Wildman–Crippen MR) is 76.1 cm³/mol. The zero-order valence-electron chi connectivity index (χ0n) is 11.6. The lowest BCUT2D eigenvalue weighted by Gasteiger charge is -2.06. The third kappa shape index (κ3) is 4.08. The summed E-state index contributed by atoms with van der Waals surface area (Å²) in [6, 6.07) is 4.08. The summed E-state index contributed by atoms with van der Waals surface area (Å²) < 4.78 is 65.1. The van der Waals surface area contributed by atoms with Gasteiger partial charge in [-0.1, -0.05) is 6.07 Å². The fourth-order valence-electron chi connectivity index (χ4n) is 1.80. The molecule has 2 rings (SSSR count). The lowest BCUT2D eigenvalue weighted by molar-refractivity contribution is -0.141. The van der Waals surface area contributed by atoms with E-state index in [0.29, 0.717) is 12.1 Å². The Kier molecular flexibility index (Phi) is 4.93. The highest BCUT2D eigenvalue weighted by atomic mass is 32.2. The Morgan fingerprint density at radius 3 is 2.68 bits per heavy atom. The standard InChI is InChI=1S/C12H14F3N3O2S2/c1-9-8-10(12(13,14)15)17-18(9)6-3-5-16-22(19,20)11-4-2-7-21-11/h2,4,7-8,16H,3,5-6H2,1H3. The zero-order valence-corrected chi connectivity index (χ0v) is 13.2. The van der Waals surface area contributed by atoms with Crippen molar-refractivity contribution in [3.05, 3.63) is 35.0 Å². The molecular weight excluding hydrogens is 339 g/mol. The molecular formula is C12H14F3N3O2S2. The number of hydrogen-bond acceptors (Lipinski definition) is 4. The second-order valence-corrected chi connectivity index (χ2v) is 7.52. The van der Waals surface area contributed by atoms with Crippen LogP contribution in [0.3, 0.4) is 0 Å². The maximum absolute atomic E-state index is 12.5. The fourth-order valence-corrected chi connectivity index (χ4v) is 3.91. The van der Waals surface area contributed by atoms with Crippen LogP contribution in [0.25, 0.3) is 0 Å². The first-order valence-electron chi connectivity index (χ1n) is 6.35. The van der Waals surface area contributed by atoms with Crippen LogP contribution in [0.15, 0.2) is 27.8 Å². The van der Waals surface area contributed by atoms with Crippen molar-refractivity contribution in [2.45, 2.75) is 30.3 Å². The van der Waals surface area contributed by atoms with Gasteiger partial charge in [0.1, 0.15) is 4.21 Å². The molecule has 2 aromatic rings. The molecule has 10 heteroatoms. The van der Waals surface area contributed by atoms with Gasteiger partial charge < -0.3 is 0 Å². The molecule has 0 unspecified atom stereocenters. The Morgan fingerprint density at radius 1 is 1.41 bits per heavy atom. The van der Waals surface area contributed by atoms with E-state index in [0.717, 1.165) is 17.4 Å². The molecule has 1 N–H and O–H groups in total. The normalized spacial score (nSPS) is 12.7. The highest BCUT2D eigenvalue weighted by molar-refractivity contribution is 7.91. The van der Waals surface area contributed by atoms with Gasteiger partial charge >= 0.3 is 6.18 Å². The van der Waals surface area contributed by atoms with E-state index >= 15 is 0 Å². The van der Waals surface area contributed by atoms with Gasteiger partial charge in [0.25, 0.3) is 0 Å². The van der Waals surface area contributed by atoms with Crippen molar-refractivity contribution in [3.63, 3.8) is 0 Å². The molecule has 0 aromatic carbocycles. The first-order valence-corrected chi connectivity index (χ1v) is 8.71. The van der Waals surface area contributed by atoms with Gasteiger partial charge in [-0.25, -0.2) is 13.1 Å². The Hall–Kier alpha value is -1.39. The summed E-state index contributed by atoms with van der Waals surface area (Å²) in [7, 11) is -3.54. The molecule has 0 saturated carbocycles. The summed E-state index contributed by atoms with van der Waals surface area (Å²) in [6.45, 7) is 1.85. The van der Waals surface area contributed by atoms with E-state index in [4.69, 9.17) is 0 Å². The highest BCUT2D eigenvalue weighted by Gasteiger charge is 2.34. The van der Waals surface area contributed by atoms with Crippen LogP contribution in [0, 0.1) is 6.92 Å². The number of aryl methyl sites for hydroxylation is 2. The summed E-state index contributed by atoms with van der Waals surface area (Å²) in [5, 5.41) is 5.13. The number of alkyl halides is 3. The maximum atomic E-state index is 12.5. The monoisotopic (exact) mass is 353 g/mol. The zero-order chi connectivity index (χ0) is 16.4. The lowest BCUT2D eigenvalue weighted by atomic mass is 10.3. The number of thiophene rings is 1. The van der Waals surface area contributed by atoms with E-state index in [9.17, 15) is 21.6 Å². The maximum Gasteiger partial charge on any atom is 0.435 e. The van der Waals surface area contributed by atoms with E-state index < -0.39 is 21.9 Å². The second kappa shape index (κ2) is 6.39. The SMILES string of the molecule is Cc1cc(C(F)(F)F)nn1CCCNS(=O)(=O)c1cccs1. The smallest absolute Gasteiger partial charge is 0.269 e. The molecule has 0 bridgehead atoms. The van der Waals surface area contributed by atoms with Crippen molar-refractivity contribution >= 4 is 21.4 Å². The molecule has 122 valence electrons. The Bertz CT molecular complexity index is 721. The Balaban J connectivity index is 1.89. The summed E-state index contributed by atoms with van der Waals surface area (Å²) in [5.41, 5.74) is -0.558. The molecule has 0 radical (unpaired) electrons. The number of rotatable bonds is 6. The number of nitrogens with one attached hydrogen (secondary N) is 1. The van der Waals surface area contributed by atoms with Gasteiger partial charge in [0.05, 0.1) is 0 Å². The van der Waals surface area contributed by atoms with Crippen LogP contribution in [0.5, 0.6) is 0 Å². The first-order chi connectivity index (χ1) is 10.2. The minimum Gasteiger partial charge on any atom is -0.269 e. The molecule has 22 heavy (non-hydrogen) atoms. The van der Waals surface area contributed by atoms with E-state index in [1.54, 1.807) is 11.4 Å². The quantitative estimate of drug-likeness (QED) is 0.812. The van der Waals surface area contributed by atoms with Gasteiger partial charge in [0.2, 0.25) is 10.0 Å². The van der Waals surface area contributed by atoms with Crippen molar-refractivity contribution in [3.8, 4) is 0 Å². The van der Waals surface area contributed by atoms with Crippen molar-refractivity contribution in [2.75, 3.05) is 6.54 Å². The third-order valence-electron chi connectivity index (χ3n) is 2.87. The van der Waals surface area contributed by atoms with Crippen molar-refractivity contribution < 1.29 is 21.6 Å². The molecule has 0 aliphatic rings. The van der Waals surface area contributed by atoms with Crippen LogP contribution >= 0.6 is 11.3 Å². The predicted octanol–water partition coefficient (Wildman–Crippen LogP) is 2.64. The molecule has 0 fully saturated rings. The van der Waals surface area contributed by atoms with E-state index in [1.807, 2.05) is 0 Å². The van der Waals surface area contributed by atoms with Crippen LogP contribution < -0.4 is 4.72 Å². The van der Waals surface area contributed by atoms with Crippen molar-refractivity contribution in [1.82, 2.24) is 14.5 Å². The summed E-state index contributed by atoms with van der Waals surface area (Å²) >= 11 is 1.10. The van der Waals surface area contributed by atoms with Gasteiger partial charge in [0.15, 0.2) is 5.69 Å². The van der Waals surface area contributed by atoms with Gasteiger partial charge in [-0.3, -0.25) is 4.68 Å². The highest BCUT2D eigenvalue weighted by Crippen LogP contribution is 2.28. The molecule has 2 heterocycles. The van der Waals surface area contributed by atoms with Crippen LogP contribution in [-0.2, 0) is 22.7 Å².